The van der Waals surface area contributed by atoms with Crippen molar-refractivity contribution in [1.29, 1.82) is 0 Å². The molecule has 0 atom stereocenters. The molecule has 0 spiro atoms. The van der Waals surface area contributed by atoms with E-state index in [-0.39, 0.29) is 12.8 Å². The van der Waals surface area contributed by atoms with Crippen LogP contribution in [-0.4, -0.2) is 53.0 Å². The van der Waals surface area contributed by atoms with Crippen molar-refractivity contribution in [3.05, 3.63) is 0 Å². The Hall–Kier alpha value is -1.24. The van der Waals surface area contributed by atoms with Gasteiger partial charge < -0.3 is 15.3 Å². The highest BCUT2D eigenvalue weighted by Gasteiger charge is 2.61. The van der Waals surface area contributed by atoms with Crippen LogP contribution in [0.1, 0.15) is 33.1 Å². The maximum Gasteiger partial charge on any atom is 0.352 e. The molecule has 1 aliphatic carbocycles. The van der Waals surface area contributed by atoms with Crippen molar-refractivity contribution in [2.75, 3.05) is 14.1 Å². The lowest BCUT2D eigenvalue weighted by atomic mass is 9.75. The van der Waals surface area contributed by atoms with E-state index in [0.717, 1.165) is 0 Å². The number of carbonyl (C=O) groups excluding carboxylic acids is 2. The molecule has 1 fully saturated rings. The van der Waals surface area contributed by atoms with Gasteiger partial charge in [-0.2, -0.15) is 8.78 Å². The smallest absolute Gasteiger partial charge is 0.352 e. The normalized spacial score (nSPS) is 18.5. The SMILES string of the molecule is CN(C)C(=O)C(C)(C)NC(=O)C(F)(F)C1(O)CCC1. The van der Waals surface area contributed by atoms with E-state index in [9.17, 15) is 23.5 Å². The maximum atomic E-state index is 13.9. The molecule has 0 saturated heterocycles. The number of rotatable bonds is 4. The van der Waals surface area contributed by atoms with Crippen molar-refractivity contribution >= 4 is 11.8 Å². The minimum absolute atomic E-state index is 0.116. The summed E-state index contributed by atoms with van der Waals surface area (Å²) in [6, 6.07) is 0. The van der Waals surface area contributed by atoms with Gasteiger partial charge in [0.05, 0.1) is 0 Å². The summed E-state index contributed by atoms with van der Waals surface area (Å²) < 4.78 is 27.7. The number of amides is 2. The Morgan fingerprint density at radius 1 is 1.26 bits per heavy atom. The molecule has 0 bridgehead atoms. The molecule has 1 rings (SSSR count). The molecule has 1 saturated carbocycles. The van der Waals surface area contributed by atoms with E-state index in [1.165, 1.54) is 32.8 Å². The van der Waals surface area contributed by atoms with Crippen LogP contribution in [0.25, 0.3) is 0 Å². The van der Waals surface area contributed by atoms with Gasteiger partial charge in [0.2, 0.25) is 5.91 Å². The number of carbonyl (C=O) groups is 2. The summed E-state index contributed by atoms with van der Waals surface area (Å²) in [5, 5.41) is 11.7. The van der Waals surface area contributed by atoms with E-state index in [2.05, 4.69) is 0 Å². The number of nitrogens with one attached hydrogen (secondary N) is 1. The molecule has 7 heteroatoms. The summed E-state index contributed by atoms with van der Waals surface area (Å²) in [5.74, 6) is -6.01. The van der Waals surface area contributed by atoms with Gasteiger partial charge in [-0.15, -0.1) is 0 Å². The van der Waals surface area contributed by atoms with Gasteiger partial charge in [-0.3, -0.25) is 9.59 Å². The highest BCUT2D eigenvalue weighted by Crippen LogP contribution is 2.44. The second-order valence-corrected chi connectivity index (χ2v) is 5.74. The molecule has 19 heavy (non-hydrogen) atoms. The van der Waals surface area contributed by atoms with Gasteiger partial charge in [0.25, 0.3) is 5.91 Å². The molecule has 110 valence electrons. The first kappa shape index (κ1) is 15.8. The Bertz CT molecular complexity index is 390. The zero-order chi connectivity index (χ0) is 15.1. The van der Waals surface area contributed by atoms with Crippen molar-refractivity contribution in [3.8, 4) is 0 Å². The minimum Gasteiger partial charge on any atom is -0.383 e. The Kier molecular flexibility index (Phi) is 3.91. The van der Waals surface area contributed by atoms with Crippen LogP contribution < -0.4 is 5.32 Å². The van der Waals surface area contributed by atoms with E-state index >= 15 is 0 Å². The summed E-state index contributed by atoms with van der Waals surface area (Å²) in [4.78, 5) is 24.6. The molecule has 0 aliphatic heterocycles. The standard InChI is InChI=1S/C12H20F2N2O3/c1-10(2,9(18)16(3)4)15-8(17)12(13,14)11(19)6-5-7-11/h19H,5-7H2,1-4H3,(H,15,17). The van der Waals surface area contributed by atoms with Crippen LogP contribution in [0.2, 0.25) is 0 Å². The molecular weight excluding hydrogens is 258 g/mol. The summed E-state index contributed by atoms with van der Waals surface area (Å²) >= 11 is 0. The first-order chi connectivity index (χ1) is 8.44. The third-order valence-corrected chi connectivity index (χ3v) is 3.42. The molecule has 0 aromatic rings. The molecule has 0 aromatic heterocycles. The quantitative estimate of drug-likeness (QED) is 0.787. The molecule has 0 heterocycles. The number of aliphatic hydroxyl groups is 1. The fourth-order valence-electron chi connectivity index (χ4n) is 2.01. The van der Waals surface area contributed by atoms with E-state index in [0.29, 0.717) is 6.42 Å². The van der Waals surface area contributed by atoms with Crippen molar-refractivity contribution in [2.24, 2.45) is 0 Å². The lowest BCUT2D eigenvalue weighted by Gasteiger charge is -2.42. The van der Waals surface area contributed by atoms with Crippen LogP contribution in [0.15, 0.2) is 0 Å². The largest absolute Gasteiger partial charge is 0.383 e. The zero-order valence-corrected chi connectivity index (χ0v) is 11.6. The maximum absolute atomic E-state index is 13.9. The lowest BCUT2D eigenvalue weighted by molar-refractivity contribution is -0.217. The number of alkyl halides is 2. The molecule has 2 amide bonds. The topological polar surface area (TPSA) is 69.6 Å². The summed E-state index contributed by atoms with van der Waals surface area (Å²) in [6.45, 7) is 2.68. The van der Waals surface area contributed by atoms with Crippen LogP contribution in [0.3, 0.4) is 0 Å². The second-order valence-electron chi connectivity index (χ2n) is 5.74. The molecule has 5 nitrogen and oxygen atoms in total. The molecule has 0 radical (unpaired) electrons. The van der Waals surface area contributed by atoms with Crippen molar-refractivity contribution in [3.63, 3.8) is 0 Å². The monoisotopic (exact) mass is 278 g/mol. The van der Waals surface area contributed by atoms with Gasteiger partial charge in [-0.05, 0) is 33.1 Å². The van der Waals surface area contributed by atoms with E-state index in [4.69, 9.17) is 0 Å². The van der Waals surface area contributed by atoms with Crippen molar-refractivity contribution in [2.45, 2.75) is 50.2 Å². The van der Waals surface area contributed by atoms with Crippen LogP contribution in [0, 0.1) is 0 Å². The summed E-state index contributed by atoms with van der Waals surface area (Å²) in [6.07, 6.45) is 0.227. The van der Waals surface area contributed by atoms with E-state index in [1.54, 1.807) is 0 Å². The number of hydrogen-bond donors (Lipinski definition) is 2. The van der Waals surface area contributed by atoms with Gasteiger partial charge in [0.15, 0.2) is 0 Å². The molecular formula is C12H20F2N2O3. The van der Waals surface area contributed by atoms with E-state index < -0.39 is 28.9 Å². The first-order valence-corrected chi connectivity index (χ1v) is 6.08. The molecule has 0 aromatic carbocycles. The van der Waals surface area contributed by atoms with Crippen molar-refractivity contribution < 1.29 is 23.5 Å². The molecule has 1 aliphatic rings. The fraction of sp³-hybridized carbons (Fsp3) is 0.833. The Morgan fingerprint density at radius 3 is 2.05 bits per heavy atom. The van der Waals surface area contributed by atoms with Crippen LogP contribution in [0.4, 0.5) is 8.78 Å². The number of hydrogen-bond acceptors (Lipinski definition) is 3. The highest BCUT2D eigenvalue weighted by atomic mass is 19.3. The average Bonchev–Trinajstić information content (AvgIpc) is 2.23. The van der Waals surface area contributed by atoms with Gasteiger partial charge in [0.1, 0.15) is 11.1 Å². The van der Waals surface area contributed by atoms with Crippen LogP contribution in [0.5, 0.6) is 0 Å². The van der Waals surface area contributed by atoms with E-state index in [1.807, 2.05) is 5.32 Å². The second kappa shape index (κ2) is 4.70. The number of halogens is 2. The fourth-order valence-corrected chi connectivity index (χ4v) is 2.01. The van der Waals surface area contributed by atoms with Gasteiger partial charge >= 0.3 is 5.92 Å². The zero-order valence-electron chi connectivity index (χ0n) is 11.6. The van der Waals surface area contributed by atoms with Gasteiger partial charge in [-0.25, -0.2) is 0 Å². The highest BCUT2D eigenvalue weighted by molar-refractivity contribution is 5.93. The summed E-state index contributed by atoms with van der Waals surface area (Å²) in [7, 11) is 2.93. The molecule has 0 unspecified atom stereocenters. The Labute approximate surface area is 111 Å². The third kappa shape index (κ3) is 2.70. The Balaban J connectivity index is 2.82. The average molecular weight is 278 g/mol. The number of likely N-dealkylation sites (N-methyl/N-ethyl adjacent to an activating group) is 1. The first-order valence-electron chi connectivity index (χ1n) is 6.08. The predicted molar refractivity (Wildman–Crippen MR) is 64.7 cm³/mol. The minimum atomic E-state index is -3.89. The van der Waals surface area contributed by atoms with Gasteiger partial charge in [0, 0.05) is 14.1 Å². The third-order valence-electron chi connectivity index (χ3n) is 3.42. The van der Waals surface area contributed by atoms with Crippen molar-refractivity contribution in [1.82, 2.24) is 10.2 Å². The summed E-state index contributed by atoms with van der Waals surface area (Å²) in [5.41, 5.74) is -3.74. The molecule has 2 N–H and O–H groups in total. The van der Waals surface area contributed by atoms with Crippen LogP contribution >= 0.6 is 0 Å². The van der Waals surface area contributed by atoms with Gasteiger partial charge in [-0.1, -0.05) is 0 Å². The Morgan fingerprint density at radius 2 is 1.74 bits per heavy atom. The lowest BCUT2D eigenvalue weighted by Crippen LogP contribution is -2.65. The number of nitrogens with zero attached hydrogens (tertiary/aromatic N) is 1. The van der Waals surface area contributed by atoms with Crippen LogP contribution in [-0.2, 0) is 9.59 Å². The predicted octanol–water partition coefficient (Wildman–Crippen LogP) is 0.520.